The summed E-state index contributed by atoms with van der Waals surface area (Å²) < 4.78 is 0. The van der Waals surface area contributed by atoms with E-state index in [1.165, 1.54) is 50.1 Å². The van der Waals surface area contributed by atoms with E-state index in [0.717, 1.165) is 44.5 Å². The Morgan fingerprint density at radius 2 is 0.791 bits per heavy atom. The van der Waals surface area contributed by atoms with Crippen molar-refractivity contribution in [1.29, 1.82) is 0 Å². The van der Waals surface area contributed by atoms with E-state index in [1.807, 2.05) is 0 Å². The van der Waals surface area contributed by atoms with Crippen LogP contribution in [0.5, 0.6) is 0 Å². The molecule has 4 aromatic rings. The maximum Gasteiger partial charge on any atom is 0.0366 e. The van der Waals surface area contributed by atoms with Crippen molar-refractivity contribution in [2.45, 2.75) is 41.5 Å². The van der Waals surface area contributed by atoms with Gasteiger partial charge in [0.1, 0.15) is 0 Å². The lowest BCUT2D eigenvalue weighted by Crippen LogP contribution is -2.21. The molecule has 0 bridgehead atoms. The molecule has 0 atom stereocenters. The smallest absolute Gasteiger partial charge is 0.0366 e. The Labute approximate surface area is 260 Å². The Bertz CT molecular complexity index is 1490. The first-order valence-corrected chi connectivity index (χ1v) is 16.0. The van der Waals surface area contributed by atoms with Crippen LogP contribution in [0.2, 0.25) is 0 Å². The molecule has 4 rings (SSSR count). The van der Waals surface area contributed by atoms with E-state index in [-0.39, 0.29) is 0 Å². The second-order valence-corrected chi connectivity index (χ2v) is 10.8. The van der Waals surface area contributed by atoms with Gasteiger partial charge in [0.2, 0.25) is 0 Å². The molecule has 0 aliphatic carbocycles. The molecule has 0 spiro atoms. The highest BCUT2D eigenvalue weighted by Crippen LogP contribution is 2.31. The lowest BCUT2D eigenvalue weighted by Gasteiger charge is -2.23. The number of hydrogen-bond acceptors (Lipinski definition) is 3. The fraction of sp³-hybridized carbons (Fsp3) is 0.300. The first-order chi connectivity index (χ1) is 21.0. The van der Waals surface area contributed by atoms with Crippen molar-refractivity contribution in [3.63, 3.8) is 0 Å². The van der Waals surface area contributed by atoms with Crippen molar-refractivity contribution in [1.82, 2.24) is 0 Å². The molecule has 0 saturated heterocycles. The third-order valence-electron chi connectivity index (χ3n) is 8.47. The van der Waals surface area contributed by atoms with Gasteiger partial charge in [0.15, 0.2) is 0 Å². The molecule has 0 saturated carbocycles. The number of rotatable bonds is 13. The topological polar surface area (TPSA) is 9.72 Å². The third-order valence-corrected chi connectivity index (χ3v) is 8.47. The standard InChI is InChI=1S/C40H49N3/c1-8-41(9-2)36-24-18-33(19-25-36)39(32-16-14-31(7)15-17-32)30-40(34-20-26-37(27-21-34)42(10-3)11-4)35-22-28-38(29-23-35)43(12-5)13-6/h14-30H,7-13H2,1-6H3. The lowest BCUT2D eigenvalue weighted by molar-refractivity contribution is 0.866. The predicted molar refractivity (Wildman–Crippen MR) is 191 cm³/mol. The van der Waals surface area contributed by atoms with Gasteiger partial charge in [-0.3, -0.25) is 0 Å². The zero-order valence-electron chi connectivity index (χ0n) is 27.1. The molecule has 0 aliphatic heterocycles. The molecular weight excluding hydrogens is 522 g/mol. The predicted octanol–water partition coefficient (Wildman–Crippen LogP) is 7.97. The molecular formula is C40H49N3. The number of allylic oxidation sites excluding steroid dienone is 1. The number of anilines is 3. The molecule has 0 amide bonds. The van der Waals surface area contributed by atoms with Gasteiger partial charge in [-0.05, 0) is 122 Å². The zero-order valence-corrected chi connectivity index (χ0v) is 27.1. The van der Waals surface area contributed by atoms with E-state index in [1.54, 1.807) is 0 Å². The number of hydrogen-bond donors (Lipinski definition) is 0. The van der Waals surface area contributed by atoms with Crippen LogP contribution >= 0.6 is 0 Å². The summed E-state index contributed by atoms with van der Waals surface area (Å²) in [6.45, 7) is 23.4. The quantitative estimate of drug-likeness (QED) is 0.161. The summed E-state index contributed by atoms with van der Waals surface area (Å²) in [7, 11) is 0. The molecule has 224 valence electrons. The minimum atomic E-state index is 0.994. The normalized spacial score (nSPS) is 10.7. The van der Waals surface area contributed by atoms with Gasteiger partial charge >= 0.3 is 0 Å². The highest BCUT2D eigenvalue weighted by atomic mass is 15.1. The van der Waals surface area contributed by atoms with Gasteiger partial charge in [0, 0.05) is 56.3 Å². The van der Waals surface area contributed by atoms with Crippen LogP contribution in [-0.4, -0.2) is 39.3 Å². The molecule has 43 heavy (non-hydrogen) atoms. The third kappa shape index (κ3) is 7.59. The van der Waals surface area contributed by atoms with Crippen molar-refractivity contribution in [2.24, 2.45) is 0 Å². The van der Waals surface area contributed by atoms with Gasteiger partial charge in [-0.1, -0.05) is 67.2 Å². The summed E-state index contributed by atoms with van der Waals surface area (Å²) in [5.74, 6) is 0. The minimum absolute atomic E-state index is 0.994. The fourth-order valence-electron chi connectivity index (χ4n) is 5.82. The number of nitrogens with zero attached hydrogens (tertiary/aromatic N) is 3. The molecule has 0 aromatic heterocycles. The van der Waals surface area contributed by atoms with Crippen molar-refractivity contribution in [3.05, 3.63) is 130 Å². The average molecular weight is 572 g/mol. The van der Waals surface area contributed by atoms with Crippen molar-refractivity contribution in [2.75, 3.05) is 54.0 Å². The van der Waals surface area contributed by atoms with Crippen LogP contribution in [0, 0.1) is 0 Å². The van der Waals surface area contributed by atoms with Crippen LogP contribution in [0.1, 0.15) is 58.2 Å². The summed E-state index contributed by atoms with van der Waals surface area (Å²) >= 11 is 0. The van der Waals surface area contributed by atoms with Crippen molar-refractivity contribution < 1.29 is 0 Å². The van der Waals surface area contributed by atoms with Gasteiger partial charge < -0.3 is 14.7 Å². The molecule has 0 N–H and O–H groups in total. The van der Waals surface area contributed by atoms with E-state index in [2.05, 4.69) is 166 Å². The Morgan fingerprint density at radius 3 is 1.12 bits per heavy atom. The first kappa shape index (κ1) is 31.7. The second kappa shape index (κ2) is 15.3. The van der Waals surface area contributed by atoms with Gasteiger partial charge in [-0.25, -0.2) is 0 Å². The first-order valence-electron chi connectivity index (χ1n) is 16.0. The van der Waals surface area contributed by atoms with Gasteiger partial charge in [0.05, 0.1) is 0 Å². The van der Waals surface area contributed by atoms with E-state index in [9.17, 15) is 0 Å². The summed E-state index contributed by atoms with van der Waals surface area (Å²) in [4.78, 5) is 7.17. The van der Waals surface area contributed by atoms with Gasteiger partial charge in [0.25, 0.3) is 0 Å². The molecule has 0 fully saturated rings. The molecule has 0 heterocycles. The van der Waals surface area contributed by atoms with Crippen LogP contribution in [0.3, 0.4) is 0 Å². The van der Waals surface area contributed by atoms with Crippen LogP contribution in [0.4, 0.5) is 17.1 Å². The number of benzene rings is 4. The maximum atomic E-state index is 4.13. The summed E-state index contributed by atoms with van der Waals surface area (Å²) in [5, 5.41) is 2.20. The van der Waals surface area contributed by atoms with Crippen LogP contribution in [0.25, 0.3) is 17.7 Å². The van der Waals surface area contributed by atoms with Crippen LogP contribution < -0.4 is 25.1 Å². The Kier molecular flexibility index (Phi) is 11.3. The van der Waals surface area contributed by atoms with E-state index in [4.69, 9.17) is 0 Å². The highest BCUT2D eigenvalue weighted by molar-refractivity contribution is 5.91. The molecule has 4 aromatic carbocycles. The highest BCUT2D eigenvalue weighted by Gasteiger charge is 2.12. The monoisotopic (exact) mass is 571 g/mol. The molecule has 0 aliphatic rings. The average Bonchev–Trinajstić information content (AvgIpc) is 3.05. The van der Waals surface area contributed by atoms with Crippen LogP contribution in [-0.2, 0) is 0 Å². The Morgan fingerprint density at radius 1 is 0.465 bits per heavy atom. The molecule has 0 unspecified atom stereocenters. The molecule has 3 nitrogen and oxygen atoms in total. The van der Waals surface area contributed by atoms with Crippen molar-refractivity contribution >= 4 is 34.8 Å². The van der Waals surface area contributed by atoms with E-state index in [0.29, 0.717) is 0 Å². The maximum absolute atomic E-state index is 4.13. The van der Waals surface area contributed by atoms with Crippen LogP contribution in [0.15, 0.2) is 103 Å². The second-order valence-electron chi connectivity index (χ2n) is 10.8. The lowest BCUT2D eigenvalue weighted by atomic mass is 9.92. The van der Waals surface area contributed by atoms with Gasteiger partial charge in [-0.15, -0.1) is 0 Å². The largest absolute Gasteiger partial charge is 0.372 e. The minimum Gasteiger partial charge on any atom is -0.372 e. The van der Waals surface area contributed by atoms with E-state index < -0.39 is 0 Å². The summed E-state index contributed by atoms with van der Waals surface area (Å²) in [6.07, 6.45) is 2.38. The Balaban J connectivity index is 1.92. The Hall–Kier alpha value is -4.24. The summed E-state index contributed by atoms with van der Waals surface area (Å²) in [6, 6.07) is 35.8. The summed E-state index contributed by atoms with van der Waals surface area (Å²) in [5.41, 5.74) is 9.78. The van der Waals surface area contributed by atoms with E-state index >= 15 is 0 Å². The fourth-order valence-corrected chi connectivity index (χ4v) is 5.82. The van der Waals surface area contributed by atoms with Crippen molar-refractivity contribution in [3.8, 4) is 0 Å². The molecule has 3 heteroatoms. The van der Waals surface area contributed by atoms with Gasteiger partial charge in [-0.2, -0.15) is 0 Å². The SMILES string of the molecule is C=c1ccc(=C(C=C(c2ccc(N(CC)CC)cc2)c2ccc(N(CC)CC)cc2)c2ccc(N(CC)CC)cc2)cc1. The zero-order chi connectivity index (χ0) is 30.8. The molecule has 0 radical (unpaired) electrons.